The summed E-state index contributed by atoms with van der Waals surface area (Å²) in [4.78, 5) is 11.7. The van der Waals surface area contributed by atoms with Gasteiger partial charge in [0, 0.05) is 13.1 Å². The average Bonchev–Trinajstić information content (AvgIpc) is 2.70. The maximum Gasteiger partial charge on any atom is 0.407 e. The molecule has 6 heteroatoms. The van der Waals surface area contributed by atoms with Crippen molar-refractivity contribution in [2.24, 2.45) is 0 Å². The fourth-order valence-corrected chi connectivity index (χ4v) is 2.98. The molecule has 2 atom stereocenters. The molecule has 0 saturated heterocycles. The smallest absolute Gasteiger partial charge is 0.407 e. The van der Waals surface area contributed by atoms with E-state index in [-0.39, 0.29) is 13.2 Å². The minimum absolute atomic E-state index is 0.0931. The van der Waals surface area contributed by atoms with Crippen LogP contribution in [0.5, 0.6) is 0 Å². The van der Waals surface area contributed by atoms with E-state index in [0.29, 0.717) is 5.56 Å². The van der Waals surface area contributed by atoms with E-state index in [2.05, 4.69) is 10.6 Å². The summed E-state index contributed by atoms with van der Waals surface area (Å²) in [6.45, 7) is 1.77. The molecule has 0 fully saturated rings. The van der Waals surface area contributed by atoms with Crippen LogP contribution < -0.4 is 10.6 Å². The van der Waals surface area contributed by atoms with E-state index in [1.54, 1.807) is 0 Å². The lowest BCUT2D eigenvalue weighted by Gasteiger charge is -2.22. The normalized spacial score (nSPS) is 15.6. The van der Waals surface area contributed by atoms with Gasteiger partial charge in [-0.2, -0.15) is 0 Å². The van der Waals surface area contributed by atoms with Crippen LogP contribution in [-0.2, 0) is 24.3 Å². The predicted molar refractivity (Wildman–Crippen MR) is 97.4 cm³/mol. The Hall–Kier alpha value is -2.41. The first-order valence-electron chi connectivity index (χ1n) is 8.76. The molecule has 0 radical (unpaired) electrons. The van der Waals surface area contributed by atoms with Crippen LogP contribution in [0, 0.1) is 0 Å². The van der Waals surface area contributed by atoms with E-state index in [1.165, 1.54) is 5.56 Å². The van der Waals surface area contributed by atoms with Crippen molar-refractivity contribution in [2.75, 3.05) is 13.1 Å². The molecule has 1 aliphatic rings. The van der Waals surface area contributed by atoms with Crippen molar-refractivity contribution >= 4 is 6.09 Å². The van der Waals surface area contributed by atoms with Gasteiger partial charge in [-0.1, -0.05) is 48.5 Å². The number of nitrogens with one attached hydrogen (secondary N) is 2. The Kier molecular flexibility index (Phi) is 6.22. The van der Waals surface area contributed by atoms with Crippen molar-refractivity contribution in [3.8, 4) is 0 Å². The van der Waals surface area contributed by atoms with E-state index in [1.807, 2.05) is 48.5 Å². The number of amides is 1. The molecule has 26 heavy (non-hydrogen) atoms. The van der Waals surface area contributed by atoms with Crippen LogP contribution >= 0.6 is 0 Å². The highest BCUT2D eigenvalue weighted by Gasteiger charge is 2.21. The van der Waals surface area contributed by atoms with E-state index in [9.17, 15) is 15.0 Å². The Morgan fingerprint density at radius 3 is 2.77 bits per heavy atom. The Labute approximate surface area is 152 Å². The molecule has 1 heterocycles. The van der Waals surface area contributed by atoms with Crippen molar-refractivity contribution in [3.63, 3.8) is 0 Å². The number of hydrogen-bond donors (Lipinski definition) is 4. The molecule has 1 amide bonds. The second-order valence-electron chi connectivity index (χ2n) is 6.41. The maximum absolute atomic E-state index is 11.7. The molecule has 6 nitrogen and oxygen atoms in total. The summed E-state index contributed by atoms with van der Waals surface area (Å²) in [5.41, 5.74) is 3.91. The largest absolute Gasteiger partial charge is 0.445 e. The molecular formula is C20H24N2O4. The molecule has 0 saturated carbocycles. The predicted octanol–water partition coefficient (Wildman–Crippen LogP) is 1.65. The first kappa shape index (κ1) is 18.4. The van der Waals surface area contributed by atoms with Gasteiger partial charge >= 0.3 is 6.09 Å². The van der Waals surface area contributed by atoms with Gasteiger partial charge < -0.3 is 25.6 Å². The molecule has 4 N–H and O–H groups in total. The number of rotatable bonds is 6. The quantitative estimate of drug-likeness (QED) is 0.632. The standard InChI is InChI=1S/C20H24N2O4/c23-18(12-22-20(25)26-13-14-4-2-1-3-5-14)19(24)16-7-6-15-8-9-21-11-17(15)10-16/h1-7,10,18-19,21,23-24H,8-9,11-13H2,(H,22,25). The van der Waals surface area contributed by atoms with Crippen LogP contribution in [0.3, 0.4) is 0 Å². The third kappa shape index (κ3) is 4.82. The molecule has 2 aromatic rings. The van der Waals surface area contributed by atoms with E-state index in [0.717, 1.165) is 30.6 Å². The van der Waals surface area contributed by atoms with Gasteiger partial charge in [0.25, 0.3) is 0 Å². The summed E-state index contributed by atoms with van der Waals surface area (Å²) in [6, 6.07) is 15.1. The summed E-state index contributed by atoms with van der Waals surface area (Å²) in [7, 11) is 0. The van der Waals surface area contributed by atoms with Crippen molar-refractivity contribution in [3.05, 3.63) is 70.8 Å². The van der Waals surface area contributed by atoms with Gasteiger partial charge in [-0.3, -0.25) is 0 Å². The van der Waals surface area contributed by atoms with Crippen LogP contribution in [-0.4, -0.2) is 35.5 Å². The summed E-state index contributed by atoms with van der Waals surface area (Å²) < 4.78 is 5.09. The topological polar surface area (TPSA) is 90.8 Å². The molecular weight excluding hydrogens is 332 g/mol. The third-order valence-corrected chi connectivity index (χ3v) is 4.49. The van der Waals surface area contributed by atoms with Gasteiger partial charge in [0.05, 0.1) is 0 Å². The second-order valence-corrected chi connectivity index (χ2v) is 6.41. The van der Waals surface area contributed by atoms with Gasteiger partial charge in [-0.05, 0) is 35.2 Å². The number of aliphatic hydroxyl groups is 2. The van der Waals surface area contributed by atoms with Crippen LogP contribution in [0.1, 0.15) is 28.4 Å². The zero-order valence-electron chi connectivity index (χ0n) is 14.5. The van der Waals surface area contributed by atoms with Crippen molar-refractivity contribution < 1.29 is 19.7 Å². The lowest BCUT2D eigenvalue weighted by atomic mass is 9.95. The van der Waals surface area contributed by atoms with Gasteiger partial charge in [-0.25, -0.2) is 4.79 Å². The molecule has 138 valence electrons. The SMILES string of the molecule is O=C(NCC(O)C(O)c1ccc2c(c1)CNCC2)OCc1ccccc1. The Morgan fingerprint density at radius 2 is 1.96 bits per heavy atom. The molecule has 2 aromatic carbocycles. The van der Waals surface area contributed by atoms with Gasteiger partial charge in [0.1, 0.15) is 18.8 Å². The van der Waals surface area contributed by atoms with Crippen LogP contribution in [0.15, 0.2) is 48.5 Å². The van der Waals surface area contributed by atoms with E-state index < -0.39 is 18.3 Å². The summed E-state index contributed by atoms with van der Waals surface area (Å²) >= 11 is 0. The lowest BCUT2D eigenvalue weighted by molar-refractivity contribution is 0.0183. The lowest BCUT2D eigenvalue weighted by Crippen LogP contribution is -2.36. The zero-order chi connectivity index (χ0) is 18.4. The van der Waals surface area contributed by atoms with Gasteiger partial charge in [-0.15, -0.1) is 0 Å². The zero-order valence-corrected chi connectivity index (χ0v) is 14.5. The summed E-state index contributed by atoms with van der Waals surface area (Å²) in [6.07, 6.45) is -1.86. The summed E-state index contributed by atoms with van der Waals surface area (Å²) in [5, 5.41) is 26.3. The number of aliphatic hydroxyl groups excluding tert-OH is 2. The first-order chi connectivity index (χ1) is 12.6. The highest BCUT2D eigenvalue weighted by atomic mass is 16.5. The van der Waals surface area contributed by atoms with Gasteiger partial charge in [0.2, 0.25) is 0 Å². The van der Waals surface area contributed by atoms with Crippen molar-refractivity contribution in [2.45, 2.75) is 31.8 Å². The number of hydrogen-bond acceptors (Lipinski definition) is 5. The number of ether oxygens (including phenoxy) is 1. The fourth-order valence-electron chi connectivity index (χ4n) is 2.98. The Bertz CT molecular complexity index is 736. The number of carbonyl (C=O) groups excluding carboxylic acids is 1. The molecule has 2 unspecified atom stereocenters. The third-order valence-electron chi connectivity index (χ3n) is 4.49. The monoisotopic (exact) mass is 356 g/mol. The minimum Gasteiger partial charge on any atom is -0.445 e. The molecule has 0 aliphatic carbocycles. The molecule has 1 aliphatic heterocycles. The van der Waals surface area contributed by atoms with Crippen LogP contribution in [0.2, 0.25) is 0 Å². The number of fused-ring (bicyclic) bond motifs is 1. The van der Waals surface area contributed by atoms with Crippen molar-refractivity contribution in [1.82, 2.24) is 10.6 Å². The fraction of sp³-hybridized carbons (Fsp3) is 0.350. The molecule has 0 aromatic heterocycles. The van der Waals surface area contributed by atoms with E-state index in [4.69, 9.17) is 4.74 Å². The first-order valence-corrected chi connectivity index (χ1v) is 8.76. The number of carbonyl (C=O) groups is 1. The summed E-state index contributed by atoms with van der Waals surface area (Å²) in [5.74, 6) is 0. The van der Waals surface area contributed by atoms with E-state index >= 15 is 0 Å². The van der Waals surface area contributed by atoms with Crippen LogP contribution in [0.25, 0.3) is 0 Å². The molecule has 0 bridgehead atoms. The Balaban J connectivity index is 1.48. The highest BCUT2D eigenvalue weighted by Crippen LogP contribution is 2.22. The molecule has 0 spiro atoms. The number of alkyl carbamates (subject to hydrolysis) is 1. The number of benzene rings is 2. The minimum atomic E-state index is -1.12. The molecule has 3 rings (SSSR count). The second kappa shape index (κ2) is 8.80. The Morgan fingerprint density at radius 1 is 1.15 bits per heavy atom. The van der Waals surface area contributed by atoms with Gasteiger partial charge in [0.15, 0.2) is 0 Å². The maximum atomic E-state index is 11.7. The van der Waals surface area contributed by atoms with Crippen LogP contribution in [0.4, 0.5) is 4.79 Å². The highest BCUT2D eigenvalue weighted by molar-refractivity contribution is 5.67. The average molecular weight is 356 g/mol. The van der Waals surface area contributed by atoms with Crippen molar-refractivity contribution in [1.29, 1.82) is 0 Å².